The lowest BCUT2D eigenvalue weighted by atomic mass is 10.2. The number of carbonyl (C=O) groups is 1. The molecule has 158 valence electrons. The first-order chi connectivity index (χ1) is 14.8. The van der Waals surface area contributed by atoms with E-state index in [2.05, 4.69) is 30.6 Å². The standard InChI is InChI=1S/C17H12F3N9O2/c18-17(19,20)14-11(7-24-29(14)12-3-4-13(30)27-26-12)16(31)23-6-10-2-1-5-22-15(10)28-9-21-8-25-28/h1-5,7-9H,6H2,(H,23,31)(H,27,30). The van der Waals surface area contributed by atoms with E-state index in [-0.39, 0.29) is 12.4 Å². The molecule has 1 amide bonds. The number of aromatic nitrogens is 8. The first-order valence-electron chi connectivity index (χ1n) is 8.63. The summed E-state index contributed by atoms with van der Waals surface area (Å²) in [5.41, 5.74) is -2.12. The smallest absolute Gasteiger partial charge is 0.348 e. The maximum atomic E-state index is 13.7. The van der Waals surface area contributed by atoms with Crippen molar-refractivity contribution in [2.45, 2.75) is 12.7 Å². The zero-order chi connectivity index (χ0) is 22.0. The molecular weight excluding hydrogens is 419 g/mol. The van der Waals surface area contributed by atoms with Gasteiger partial charge in [0.15, 0.2) is 17.3 Å². The molecular formula is C17H12F3N9O2. The SMILES string of the molecule is O=C(NCc1cccnc1-n1cncn1)c1cnn(-c2ccc(=O)[nH]n2)c1C(F)(F)F. The lowest BCUT2D eigenvalue weighted by Crippen LogP contribution is -2.27. The van der Waals surface area contributed by atoms with Crippen molar-refractivity contribution in [3.63, 3.8) is 0 Å². The van der Waals surface area contributed by atoms with E-state index in [1.165, 1.54) is 23.5 Å². The highest BCUT2D eigenvalue weighted by Gasteiger charge is 2.41. The Morgan fingerprint density at radius 1 is 1.19 bits per heavy atom. The van der Waals surface area contributed by atoms with Crippen LogP contribution in [0.25, 0.3) is 11.6 Å². The molecule has 4 rings (SSSR count). The van der Waals surface area contributed by atoms with Gasteiger partial charge in [0.25, 0.3) is 11.5 Å². The molecule has 0 aromatic carbocycles. The summed E-state index contributed by atoms with van der Waals surface area (Å²) < 4.78 is 42.9. The molecule has 0 fully saturated rings. The van der Waals surface area contributed by atoms with E-state index in [4.69, 9.17) is 0 Å². The van der Waals surface area contributed by atoms with Gasteiger partial charge in [0.05, 0.1) is 11.8 Å². The molecule has 0 bridgehead atoms. The number of pyridine rings is 1. The molecule has 14 heteroatoms. The highest BCUT2D eigenvalue weighted by atomic mass is 19.4. The number of alkyl halides is 3. The van der Waals surface area contributed by atoms with Gasteiger partial charge >= 0.3 is 6.18 Å². The third kappa shape index (κ3) is 4.03. The Balaban J connectivity index is 1.63. The second-order valence-electron chi connectivity index (χ2n) is 6.10. The van der Waals surface area contributed by atoms with Crippen molar-refractivity contribution in [2.75, 3.05) is 0 Å². The van der Waals surface area contributed by atoms with Crippen molar-refractivity contribution in [1.29, 1.82) is 0 Å². The molecule has 0 unspecified atom stereocenters. The topological polar surface area (TPSA) is 136 Å². The number of H-pyrrole nitrogens is 1. The average Bonchev–Trinajstić information content (AvgIpc) is 3.43. The van der Waals surface area contributed by atoms with Crippen LogP contribution in [0, 0.1) is 0 Å². The molecule has 4 aromatic heterocycles. The summed E-state index contributed by atoms with van der Waals surface area (Å²) >= 11 is 0. The van der Waals surface area contributed by atoms with Crippen LogP contribution in [0.15, 0.2) is 54.1 Å². The van der Waals surface area contributed by atoms with E-state index in [0.29, 0.717) is 16.1 Å². The van der Waals surface area contributed by atoms with Crippen molar-refractivity contribution in [3.8, 4) is 11.6 Å². The number of nitrogens with one attached hydrogen (secondary N) is 2. The highest BCUT2D eigenvalue weighted by Crippen LogP contribution is 2.33. The van der Waals surface area contributed by atoms with E-state index in [1.54, 1.807) is 12.1 Å². The average molecular weight is 431 g/mol. The van der Waals surface area contributed by atoms with Crippen LogP contribution in [-0.2, 0) is 12.7 Å². The summed E-state index contributed by atoms with van der Waals surface area (Å²) in [6.07, 6.45) is 0.0710. The number of hydrogen-bond acceptors (Lipinski definition) is 7. The summed E-state index contributed by atoms with van der Waals surface area (Å²) in [7, 11) is 0. The van der Waals surface area contributed by atoms with Crippen molar-refractivity contribution in [3.05, 3.63) is 76.5 Å². The summed E-state index contributed by atoms with van der Waals surface area (Å²) in [5, 5.41) is 15.6. The molecule has 0 aliphatic rings. The first kappa shape index (κ1) is 19.9. The van der Waals surface area contributed by atoms with Crippen molar-refractivity contribution >= 4 is 5.91 Å². The Morgan fingerprint density at radius 3 is 2.71 bits per heavy atom. The minimum absolute atomic E-state index is 0.124. The predicted molar refractivity (Wildman–Crippen MR) is 97.3 cm³/mol. The first-order valence-corrected chi connectivity index (χ1v) is 8.63. The fourth-order valence-electron chi connectivity index (χ4n) is 2.78. The van der Waals surface area contributed by atoms with Crippen LogP contribution in [0.3, 0.4) is 0 Å². The molecule has 0 spiro atoms. The number of aromatic amines is 1. The summed E-state index contributed by atoms with van der Waals surface area (Å²) in [4.78, 5) is 31.7. The van der Waals surface area contributed by atoms with Gasteiger partial charge in [0.2, 0.25) is 0 Å². The van der Waals surface area contributed by atoms with Gasteiger partial charge in [-0.3, -0.25) is 9.59 Å². The Labute approximate surface area is 170 Å². The third-order valence-electron chi connectivity index (χ3n) is 4.11. The molecule has 0 atom stereocenters. The summed E-state index contributed by atoms with van der Waals surface area (Å²) in [5.74, 6) is -0.937. The molecule has 0 aliphatic heterocycles. The van der Waals surface area contributed by atoms with Crippen LogP contribution in [0.2, 0.25) is 0 Å². The van der Waals surface area contributed by atoms with Crippen LogP contribution in [-0.4, -0.2) is 45.6 Å². The Kier molecular flexibility index (Phi) is 5.02. The molecule has 0 saturated heterocycles. The Bertz CT molecular complexity index is 1260. The zero-order valence-electron chi connectivity index (χ0n) is 15.4. The second-order valence-corrected chi connectivity index (χ2v) is 6.10. The van der Waals surface area contributed by atoms with Gasteiger partial charge in [-0.15, -0.1) is 0 Å². The monoisotopic (exact) mass is 431 g/mol. The predicted octanol–water partition coefficient (Wildman–Crippen LogP) is 0.880. The van der Waals surface area contributed by atoms with Crippen LogP contribution in [0.5, 0.6) is 0 Å². The van der Waals surface area contributed by atoms with Crippen LogP contribution in [0.4, 0.5) is 13.2 Å². The molecule has 2 N–H and O–H groups in total. The van der Waals surface area contributed by atoms with Crippen LogP contribution >= 0.6 is 0 Å². The van der Waals surface area contributed by atoms with Crippen molar-refractivity contribution in [2.24, 2.45) is 0 Å². The summed E-state index contributed by atoms with van der Waals surface area (Å²) in [6.45, 7) is -0.124. The van der Waals surface area contributed by atoms with Crippen LogP contribution < -0.4 is 10.9 Å². The van der Waals surface area contributed by atoms with Gasteiger partial charge in [-0.25, -0.2) is 24.4 Å². The number of halogens is 3. The van der Waals surface area contributed by atoms with Crippen molar-refractivity contribution < 1.29 is 18.0 Å². The van der Waals surface area contributed by atoms with Gasteiger partial charge in [0, 0.05) is 24.4 Å². The van der Waals surface area contributed by atoms with Gasteiger partial charge in [-0.05, 0) is 12.1 Å². The number of hydrogen-bond donors (Lipinski definition) is 2. The minimum Gasteiger partial charge on any atom is -0.348 e. The number of rotatable bonds is 5. The van der Waals surface area contributed by atoms with Gasteiger partial charge < -0.3 is 5.32 Å². The van der Waals surface area contributed by atoms with E-state index in [1.807, 2.05) is 5.10 Å². The van der Waals surface area contributed by atoms with Gasteiger partial charge in [-0.2, -0.15) is 28.5 Å². The van der Waals surface area contributed by atoms with Crippen LogP contribution in [0.1, 0.15) is 21.6 Å². The van der Waals surface area contributed by atoms with Gasteiger partial charge in [-0.1, -0.05) is 6.07 Å². The number of carbonyl (C=O) groups excluding carboxylic acids is 1. The lowest BCUT2D eigenvalue weighted by molar-refractivity contribution is -0.143. The fraction of sp³-hybridized carbons (Fsp3) is 0.118. The quantitative estimate of drug-likeness (QED) is 0.479. The Morgan fingerprint density at radius 2 is 2.03 bits per heavy atom. The molecule has 11 nitrogen and oxygen atoms in total. The fourth-order valence-corrected chi connectivity index (χ4v) is 2.78. The largest absolute Gasteiger partial charge is 0.434 e. The van der Waals surface area contributed by atoms with Crippen molar-refractivity contribution in [1.82, 2.24) is 45.0 Å². The molecule has 0 radical (unpaired) electrons. The maximum absolute atomic E-state index is 13.7. The maximum Gasteiger partial charge on any atom is 0.434 e. The molecule has 4 heterocycles. The van der Waals surface area contributed by atoms with E-state index in [9.17, 15) is 22.8 Å². The Hall–Kier alpha value is -4.36. The molecule has 31 heavy (non-hydrogen) atoms. The third-order valence-corrected chi connectivity index (χ3v) is 4.11. The van der Waals surface area contributed by atoms with E-state index < -0.39 is 28.9 Å². The molecule has 4 aromatic rings. The molecule has 0 saturated carbocycles. The minimum atomic E-state index is -4.92. The number of amides is 1. The second kappa shape index (κ2) is 7.81. The molecule has 0 aliphatic carbocycles. The summed E-state index contributed by atoms with van der Waals surface area (Å²) in [6, 6.07) is 5.31. The van der Waals surface area contributed by atoms with E-state index in [0.717, 1.165) is 18.3 Å². The lowest BCUT2D eigenvalue weighted by Gasteiger charge is -2.12. The number of nitrogens with zero attached hydrogens (tertiary/aromatic N) is 7. The van der Waals surface area contributed by atoms with E-state index >= 15 is 0 Å². The van der Waals surface area contributed by atoms with Gasteiger partial charge in [0.1, 0.15) is 12.7 Å². The zero-order valence-corrected chi connectivity index (χ0v) is 15.4. The highest BCUT2D eigenvalue weighted by molar-refractivity contribution is 5.95. The normalized spacial score (nSPS) is 11.5.